The lowest BCUT2D eigenvalue weighted by Gasteiger charge is -2.39. The van der Waals surface area contributed by atoms with Crippen LogP contribution in [0.25, 0.3) is 17.5 Å². The van der Waals surface area contributed by atoms with Crippen molar-refractivity contribution in [2.24, 2.45) is 0 Å². The normalized spacial score (nSPS) is 22.0. The largest absolute Gasteiger partial charge is 0.383 e. The van der Waals surface area contributed by atoms with Gasteiger partial charge in [-0.3, -0.25) is 0 Å². The van der Waals surface area contributed by atoms with Crippen molar-refractivity contribution in [3.8, 4) is 11.3 Å². The molecule has 2 heterocycles. The first-order chi connectivity index (χ1) is 12.1. The number of aliphatic hydroxyl groups is 1. The van der Waals surface area contributed by atoms with Crippen molar-refractivity contribution in [3.05, 3.63) is 48.2 Å². The number of ether oxygens (including phenoxy) is 2. The molecule has 5 heteroatoms. The lowest BCUT2D eigenvalue weighted by atomic mass is 9.79. The van der Waals surface area contributed by atoms with Gasteiger partial charge in [-0.15, -0.1) is 0 Å². The van der Waals surface area contributed by atoms with Crippen LogP contribution < -0.4 is 0 Å². The van der Waals surface area contributed by atoms with Gasteiger partial charge in [-0.05, 0) is 25.8 Å². The van der Waals surface area contributed by atoms with E-state index in [0.29, 0.717) is 38.9 Å². The minimum atomic E-state index is -0.934. The number of hydrogen-bond donors (Lipinski definition) is 1. The Bertz CT molecular complexity index is 751. The second-order valence-electron chi connectivity index (χ2n) is 6.85. The molecule has 1 aliphatic carbocycles. The zero-order valence-corrected chi connectivity index (χ0v) is 14.5. The van der Waals surface area contributed by atoms with Gasteiger partial charge >= 0.3 is 0 Å². The first kappa shape index (κ1) is 16.5. The van der Waals surface area contributed by atoms with Crippen LogP contribution in [0.1, 0.15) is 38.3 Å². The number of benzene rings is 1. The topological polar surface area (TPSA) is 56.5 Å². The smallest absolute Gasteiger partial charge is 0.168 e. The molecule has 1 aliphatic heterocycles. The highest BCUT2D eigenvalue weighted by Crippen LogP contribution is 2.45. The molecule has 5 nitrogen and oxygen atoms in total. The van der Waals surface area contributed by atoms with Crippen molar-refractivity contribution in [2.75, 3.05) is 13.2 Å². The number of allylic oxidation sites excluding steroid dienone is 1. The van der Waals surface area contributed by atoms with Crippen LogP contribution in [-0.4, -0.2) is 33.9 Å². The van der Waals surface area contributed by atoms with Crippen LogP contribution in [-0.2, 0) is 15.1 Å². The molecule has 2 fully saturated rings. The highest BCUT2D eigenvalue weighted by molar-refractivity contribution is 5.62. The van der Waals surface area contributed by atoms with Gasteiger partial charge in [0.15, 0.2) is 5.79 Å². The Kier molecular flexibility index (Phi) is 4.23. The Morgan fingerprint density at radius 2 is 1.76 bits per heavy atom. The minimum absolute atomic E-state index is 0.486. The second kappa shape index (κ2) is 6.41. The summed E-state index contributed by atoms with van der Waals surface area (Å²) in [6, 6.07) is 12.1. The molecule has 1 aromatic heterocycles. The molecular weight excluding hydrogens is 316 g/mol. The molecule has 0 atom stereocenters. The van der Waals surface area contributed by atoms with Crippen LogP contribution in [0.4, 0.5) is 0 Å². The monoisotopic (exact) mass is 340 g/mol. The van der Waals surface area contributed by atoms with Crippen molar-refractivity contribution >= 4 is 6.20 Å². The van der Waals surface area contributed by atoms with Crippen molar-refractivity contribution in [1.29, 1.82) is 0 Å². The molecule has 1 spiro atoms. The van der Waals surface area contributed by atoms with Gasteiger partial charge in [-0.2, -0.15) is 5.10 Å². The summed E-state index contributed by atoms with van der Waals surface area (Å²) in [4.78, 5) is 0. The number of hydrogen-bond acceptors (Lipinski definition) is 4. The minimum Gasteiger partial charge on any atom is -0.383 e. The van der Waals surface area contributed by atoms with E-state index in [0.717, 1.165) is 17.0 Å². The Labute approximate surface area is 147 Å². The average Bonchev–Trinajstić information content (AvgIpc) is 3.27. The molecule has 1 aromatic carbocycles. The zero-order chi connectivity index (χ0) is 17.3. The summed E-state index contributed by atoms with van der Waals surface area (Å²) < 4.78 is 13.4. The Balaban J connectivity index is 1.64. The van der Waals surface area contributed by atoms with E-state index >= 15 is 0 Å². The molecule has 1 saturated heterocycles. The van der Waals surface area contributed by atoms with E-state index in [2.05, 4.69) is 17.2 Å². The SMILES string of the molecule is C/C=C/n1nc(C2(O)CCC3(CC2)OCCO3)cc1-c1ccccc1. The summed E-state index contributed by atoms with van der Waals surface area (Å²) in [5.74, 6) is -0.486. The predicted octanol–water partition coefficient (Wildman–Crippen LogP) is 3.55. The quantitative estimate of drug-likeness (QED) is 0.928. The van der Waals surface area contributed by atoms with Crippen LogP contribution in [0, 0.1) is 0 Å². The summed E-state index contributed by atoms with van der Waals surface area (Å²) in [6.45, 7) is 3.25. The lowest BCUT2D eigenvalue weighted by molar-refractivity contribution is -0.204. The van der Waals surface area contributed by atoms with Crippen LogP contribution in [0.2, 0.25) is 0 Å². The van der Waals surface area contributed by atoms with Crippen molar-refractivity contribution in [1.82, 2.24) is 9.78 Å². The van der Waals surface area contributed by atoms with E-state index in [4.69, 9.17) is 9.47 Å². The van der Waals surface area contributed by atoms with E-state index in [1.54, 1.807) is 0 Å². The highest BCUT2D eigenvalue weighted by Gasteiger charge is 2.47. The van der Waals surface area contributed by atoms with Gasteiger partial charge in [0.05, 0.1) is 24.6 Å². The molecule has 2 aliphatic rings. The van der Waals surface area contributed by atoms with Gasteiger partial charge in [0.1, 0.15) is 5.60 Å². The summed E-state index contributed by atoms with van der Waals surface area (Å²) in [6.07, 6.45) is 6.44. The molecule has 132 valence electrons. The second-order valence-corrected chi connectivity index (χ2v) is 6.85. The van der Waals surface area contributed by atoms with E-state index in [-0.39, 0.29) is 0 Å². The molecule has 1 saturated carbocycles. The third kappa shape index (κ3) is 3.03. The maximum atomic E-state index is 11.2. The van der Waals surface area contributed by atoms with Crippen molar-refractivity contribution in [2.45, 2.75) is 44.0 Å². The van der Waals surface area contributed by atoms with Gasteiger partial charge in [-0.25, -0.2) is 4.68 Å². The highest BCUT2D eigenvalue weighted by atomic mass is 16.7. The average molecular weight is 340 g/mol. The van der Waals surface area contributed by atoms with E-state index in [9.17, 15) is 5.11 Å². The Morgan fingerprint density at radius 1 is 1.08 bits per heavy atom. The summed E-state index contributed by atoms with van der Waals surface area (Å²) >= 11 is 0. The molecule has 0 bridgehead atoms. The maximum absolute atomic E-state index is 11.2. The molecule has 1 N–H and O–H groups in total. The molecule has 0 amide bonds. The Hall–Kier alpha value is -1.95. The third-order valence-corrected chi connectivity index (χ3v) is 5.22. The molecule has 0 radical (unpaired) electrons. The Morgan fingerprint density at radius 3 is 2.40 bits per heavy atom. The van der Waals surface area contributed by atoms with Gasteiger partial charge in [-0.1, -0.05) is 36.4 Å². The fraction of sp³-hybridized carbons (Fsp3) is 0.450. The van der Waals surface area contributed by atoms with Crippen LogP contribution in [0.15, 0.2) is 42.5 Å². The van der Waals surface area contributed by atoms with Crippen molar-refractivity contribution < 1.29 is 14.6 Å². The fourth-order valence-corrected chi connectivity index (χ4v) is 3.79. The third-order valence-electron chi connectivity index (χ3n) is 5.22. The van der Waals surface area contributed by atoms with Crippen LogP contribution in [0.3, 0.4) is 0 Å². The number of rotatable bonds is 3. The molecule has 25 heavy (non-hydrogen) atoms. The van der Waals surface area contributed by atoms with E-state index in [1.165, 1.54) is 0 Å². The van der Waals surface area contributed by atoms with E-state index < -0.39 is 11.4 Å². The van der Waals surface area contributed by atoms with E-state index in [1.807, 2.05) is 48.1 Å². The summed E-state index contributed by atoms with van der Waals surface area (Å²) in [7, 11) is 0. The van der Waals surface area contributed by atoms with Gasteiger partial charge in [0.25, 0.3) is 0 Å². The maximum Gasteiger partial charge on any atom is 0.168 e. The van der Waals surface area contributed by atoms with Crippen LogP contribution >= 0.6 is 0 Å². The fourth-order valence-electron chi connectivity index (χ4n) is 3.79. The molecule has 0 unspecified atom stereocenters. The van der Waals surface area contributed by atoms with Gasteiger partial charge in [0, 0.05) is 24.6 Å². The lowest BCUT2D eigenvalue weighted by Crippen LogP contribution is -2.42. The first-order valence-corrected chi connectivity index (χ1v) is 8.93. The zero-order valence-electron chi connectivity index (χ0n) is 14.5. The first-order valence-electron chi connectivity index (χ1n) is 8.93. The number of nitrogens with zero attached hydrogens (tertiary/aromatic N) is 2. The van der Waals surface area contributed by atoms with Crippen LogP contribution in [0.5, 0.6) is 0 Å². The molecular formula is C20H24N2O3. The number of aromatic nitrogens is 2. The van der Waals surface area contributed by atoms with Gasteiger partial charge < -0.3 is 14.6 Å². The van der Waals surface area contributed by atoms with Gasteiger partial charge in [0.2, 0.25) is 0 Å². The standard InChI is InChI=1S/C20H24N2O3/c1-2-12-22-17(16-6-4-3-5-7-16)15-18(21-22)19(23)8-10-20(11-9-19)24-13-14-25-20/h2-7,12,15,23H,8-11,13-14H2,1H3/b12-2+. The summed E-state index contributed by atoms with van der Waals surface area (Å²) in [5, 5.41) is 15.9. The molecule has 2 aromatic rings. The molecule has 4 rings (SSSR count). The summed E-state index contributed by atoms with van der Waals surface area (Å²) in [5.41, 5.74) is 1.85. The van der Waals surface area contributed by atoms with Crippen molar-refractivity contribution in [3.63, 3.8) is 0 Å². The predicted molar refractivity (Wildman–Crippen MR) is 95.7 cm³/mol.